The van der Waals surface area contributed by atoms with Crippen LogP contribution >= 0.6 is 23.2 Å². The van der Waals surface area contributed by atoms with Crippen LogP contribution in [0.3, 0.4) is 0 Å². The first-order chi connectivity index (χ1) is 9.43. The Morgan fingerprint density at radius 1 is 1.40 bits per heavy atom. The molecule has 0 bridgehead atoms. The van der Waals surface area contributed by atoms with Crippen LogP contribution in [0, 0.1) is 17.2 Å². The van der Waals surface area contributed by atoms with Gasteiger partial charge in [0.2, 0.25) is 5.91 Å². The van der Waals surface area contributed by atoms with Crippen LogP contribution in [0.25, 0.3) is 0 Å². The second-order valence-corrected chi connectivity index (χ2v) is 6.02. The number of halogens is 2. The van der Waals surface area contributed by atoms with Crippen molar-refractivity contribution >= 4 is 34.8 Å². The summed E-state index contributed by atoms with van der Waals surface area (Å²) < 4.78 is 0. The van der Waals surface area contributed by atoms with E-state index in [9.17, 15) is 10.1 Å². The SMILES string of the molecule is CC(C#N)(NC(=O)CNc1cc(Cl)cc(Cl)c1)C1CC1. The summed E-state index contributed by atoms with van der Waals surface area (Å²) in [5.41, 5.74) is -0.104. The van der Waals surface area contributed by atoms with Gasteiger partial charge in [-0.05, 0) is 43.9 Å². The van der Waals surface area contributed by atoms with E-state index < -0.39 is 5.54 Å². The first kappa shape index (κ1) is 15.0. The van der Waals surface area contributed by atoms with E-state index in [4.69, 9.17) is 23.2 Å². The summed E-state index contributed by atoms with van der Waals surface area (Å²) in [6, 6.07) is 7.18. The molecular weight excluding hydrogens is 297 g/mol. The summed E-state index contributed by atoms with van der Waals surface area (Å²) >= 11 is 11.8. The monoisotopic (exact) mass is 311 g/mol. The van der Waals surface area contributed by atoms with Gasteiger partial charge in [-0.3, -0.25) is 4.79 Å². The van der Waals surface area contributed by atoms with Gasteiger partial charge in [0.15, 0.2) is 0 Å². The van der Waals surface area contributed by atoms with Gasteiger partial charge in [-0.15, -0.1) is 0 Å². The Hall–Kier alpha value is -1.44. The zero-order valence-electron chi connectivity index (χ0n) is 11.0. The number of carbonyl (C=O) groups excluding carboxylic acids is 1. The molecule has 1 aliphatic rings. The molecule has 1 saturated carbocycles. The molecule has 4 nitrogen and oxygen atoms in total. The molecule has 1 aromatic carbocycles. The van der Waals surface area contributed by atoms with E-state index in [-0.39, 0.29) is 18.4 Å². The van der Waals surface area contributed by atoms with Gasteiger partial charge >= 0.3 is 0 Å². The van der Waals surface area contributed by atoms with Gasteiger partial charge in [-0.25, -0.2) is 0 Å². The van der Waals surface area contributed by atoms with E-state index in [1.54, 1.807) is 25.1 Å². The van der Waals surface area contributed by atoms with Crippen molar-refractivity contribution < 1.29 is 4.79 Å². The van der Waals surface area contributed by atoms with Crippen LogP contribution in [0.4, 0.5) is 5.69 Å². The molecule has 0 aliphatic heterocycles. The Bertz CT molecular complexity index is 546. The molecule has 0 heterocycles. The number of hydrogen-bond acceptors (Lipinski definition) is 3. The molecule has 1 fully saturated rings. The van der Waals surface area contributed by atoms with Crippen molar-refractivity contribution in [2.45, 2.75) is 25.3 Å². The summed E-state index contributed by atoms with van der Waals surface area (Å²) in [5, 5.41) is 15.9. The predicted octanol–water partition coefficient (Wildman–Crippen LogP) is 3.21. The van der Waals surface area contributed by atoms with Crippen molar-refractivity contribution in [1.82, 2.24) is 5.32 Å². The van der Waals surface area contributed by atoms with E-state index in [1.165, 1.54) is 0 Å². The van der Waals surface area contributed by atoms with Gasteiger partial charge in [0, 0.05) is 15.7 Å². The van der Waals surface area contributed by atoms with Crippen molar-refractivity contribution in [2.24, 2.45) is 5.92 Å². The van der Waals surface area contributed by atoms with Crippen molar-refractivity contribution in [3.05, 3.63) is 28.2 Å². The van der Waals surface area contributed by atoms with Gasteiger partial charge in [0.1, 0.15) is 5.54 Å². The number of anilines is 1. The van der Waals surface area contributed by atoms with Gasteiger partial charge in [0.25, 0.3) is 0 Å². The highest BCUT2D eigenvalue weighted by molar-refractivity contribution is 6.35. The van der Waals surface area contributed by atoms with Crippen molar-refractivity contribution in [1.29, 1.82) is 5.26 Å². The standard InChI is InChI=1S/C14H15Cl2N3O/c1-14(8-17,9-2-3-9)19-13(20)7-18-12-5-10(15)4-11(16)6-12/h4-6,9,18H,2-3,7H2,1H3,(H,19,20). The first-order valence-electron chi connectivity index (χ1n) is 6.35. The minimum absolute atomic E-state index is 0.0701. The first-order valence-corrected chi connectivity index (χ1v) is 7.11. The molecule has 0 radical (unpaired) electrons. The van der Waals surface area contributed by atoms with Crippen LogP contribution in [0.15, 0.2) is 18.2 Å². The van der Waals surface area contributed by atoms with E-state index in [0.717, 1.165) is 12.8 Å². The molecule has 1 unspecified atom stereocenters. The van der Waals surface area contributed by atoms with Crippen LogP contribution in [0.2, 0.25) is 10.0 Å². The van der Waals surface area contributed by atoms with Crippen LogP contribution < -0.4 is 10.6 Å². The van der Waals surface area contributed by atoms with Crippen LogP contribution in [-0.2, 0) is 4.79 Å². The molecule has 1 aliphatic carbocycles. The predicted molar refractivity (Wildman–Crippen MR) is 79.8 cm³/mol. The lowest BCUT2D eigenvalue weighted by Gasteiger charge is -2.23. The summed E-state index contributed by atoms with van der Waals surface area (Å²) in [5.74, 6) is 0.0362. The number of nitrogens with one attached hydrogen (secondary N) is 2. The van der Waals surface area contributed by atoms with Crippen LogP contribution in [0.1, 0.15) is 19.8 Å². The molecule has 0 saturated heterocycles. The normalized spacial score (nSPS) is 16.9. The van der Waals surface area contributed by atoms with Gasteiger partial charge in [-0.2, -0.15) is 5.26 Å². The molecule has 2 rings (SSSR count). The maximum absolute atomic E-state index is 11.9. The number of benzene rings is 1. The molecule has 1 amide bonds. The quantitative estimate of drug-likeness (QED) is 0.877. The number of rotatable bonds is 5. The van der Waals surface area contributed by atoms with Gasteiger partial charge in [0.05, 0.1) is 12.6 Å². The largest absolute Gasteiger partial charge is 0.376 e. The molecular formula is C14H15Cl2N3O. The molecule has 0 aromatic heterocycles. The highest BCUT2D eigenvalue weighted by Crippen LogP contribution is 2.39. The fourth-order valence-corrected chi connectivity index (χ4v) is 2.58. The highest BCUT2D eigenvalue weighted by atomic mass is 35.5. The van der Waals surface area contributed by atoms with Crippen molar-refractivity contribution in [3.63, 3.8) is 0 Å². The van der Waals surface area contributed by atoms with Crippen molar-refractivity contribution in [3.8, 4) is 6.07 Å². The molecule has 0 spiro atoms. The van der Waals surface area contributed by atoms with E-state index in [2.05, 4.69) is 16.7 Å². The summed E-state index contributed by atoms with van der Waals surface area (Å²) in [6.45, 7) is 1.83. The minimum atomic E-state index is -0.773. The maximum Gasteiger partial charge on any atom is 0.240 e. The third-order valence-corrected chi connectivity index (χ3v) is 3.78. The Kier molecular flexibility index (Phi) is 4.42. The molecule has 1 atom stereocenters. The Morgan fingerprint density at radius 3 is 2.50 bits per heavy atom. The zero-order valence-corrected chi connectivity index (χ0v) is 12.6. The third kappa shape index (κ3) is 3.78. The lowest BCUT2D eigenvalue weighted by atomic mass is 9.98. The second kappa shape index (κ2) is 5.90. The fraction of sp³-hybridized carbons (Fsp3) is 0.429. The lowest BCUT2D eigenvalue weighted by molar-refractivity contribution is -0.120. The Labute approximate surface area is 128 Å². The van der Waals surface area contributed by atoms with Crippen LogP contribution in [0.5, 0.6) is 0 Å². The number of amides is 1. The average molecular weight is 312 g/mol. The van der Waals surface area contributed by atoms with Crippen LogP contribution in [-0.4, -0.2) is 18.0 Å². The number of carbonyl (C=O) groups is 1. The Balaban J connectivity index is 1.90. The van der Waals surface area contributed by atoms with Crippen molar-refractivity contribution in [2.75, 3.05) is 11.9 Å². The molecule has 106 valence electrons. The Morgan fingerprint density at radius 2 is 2.00 bits per heavy atom. The maximum atomic E-state index is 11.9. The molecule has 1 aromatic rings. The van der Waals surface area contributed by atoms with Gasteiger partial charge < -0.3 is 10.6 Å². The zero-order chi connectivity index (χ0) is 14.8. The fourth-order valence-electron chi connectivity index (χ4n) is 2.05. The topological polar surface area (TPSA) is 64.9 Å². The molecule has 2 N–H and O–H groups in total. The summed E-state index contributed by atoms with van der Waals surface area (Å²) in [6.07, 6.45) is 1.98. The average Bonchev–Trinajstić information content (AvgIpc) is 3.19. The van der Waals surface area contributed by atoms with E-state index >= 15 is 0 Å². The lowest BCUT2D eigenvalue weighted by Crippen LogP contribution is -2.48. The highest BCUT2D eigenvalue weighted by Gasteiger charge is 2.42. The smallest absolute Gasteiger partial charge is 0.240 e. The third-order valence-electron chi connectivity index (χ3n) is 3.34. The van der Waals surface area contributed by atoms with E-state index in [1.807, 2.05) is 0 Å². The molecule has 20 heavy (non-hydrogen) atoms. The molecule has 6 heteroatoms. The number of nitriles is 1. The summed E-state index contributed by atoms with van der Waals surface area (Å²) in [4.78, 5) is 11.9. The summed E-state index contributed by atoms with van der Waals surface area (Å²) in [7, 11) is 0. The minimum Gasteiger partial charge on any atom is -0.376 e. The second-order valence-electron chi connectivity index (χ2n) is 5.15. The number of hydrogen-bond donors (Lipinski definition) is 2. The van der Waals surface area contributed by atoms with Gasteiger partial charge in [-0.1, -0.05) is 23.2 Å². The van der Waals surface area contributed by atoms with E-state index in [0.29, 0.717) is 15.7 Å². The number of nitrogens with zero attached hydrogens (tertiary/aromatic N) is 1.